The van der Waals surface area contributed by atoms with Crippen molar-refractivity contribution in [1.29, 1.82) is 0 Å². The van der Waals surface area contributed by atoms with Gasteiger partial charge in [-0.3, -0.25) is 4.40 Å². The van der Waals surface area contributed by atoms with Crippen molar-refractivity contribution in [3.8, 4) is 11.3 Å². The zero-order valence-corrected chi connectivity index (χ0v) is 16.3. The summed E-state index contributed by atoms with van der Waals surface area (Å²) in [5.74, 6) is 2.10. The highest BCUT2D eigenvalue weighted by molar-refractivity contribution is 5.73. The minimum Gasteiger partial charge on any atom is -0.378 e. The van der Waals surface area contributed by atoms with Crippen molar-refractivity contribution < 1.29 is 4.74 Å². The lowest BCUT2D eigenvalue weighted by molar-refractivity contribution is 0.122. The van der Waals surface area contributed by atoms with Crippen LogP contribution in [0, 0.1) is 0 Å². The lowest BCUT2D eigenvalue weighted by atomic mass is 10.1. The molecule has 2 aromatic heterocycles. The number of morpholine rings is 1. The third kappa shape index (κ3) is 3.21. The van der Waals surface area contributed by atoms with Gasteiger partial charge in [0, 0.05) is 51.0 Å². The number of imidazole rings is 1. The lowest BCUT2D eigenvalue weighted by Gasteiger charge is -2.33. The third-order valence-electron chi connectivity index (χ3n) is 5.66. The molecule has 0 radical (unpaired) electrons. The minimum atomic E-state index is 0.732. The van der Waals surface area contributed by atoms with E-state index in [1.165, 1.54) is 0 Å². The zero-order chi connectivity index (χ0) is 18.9. The van der Waals surface area contributed by atoms with Gasteiger partial charge < -0.3 is 19.4 Å². The fraction of sp³-hybridized carbons (Fsp3) is 0.429. The Labute approximate surface area is 165 Å². The number of fused-ring (bicyclic) bond motifs is 1. The number of likely N-dealkylation sites (N-methyl/N-ethyl adjacent to an activating group) is 1. The van der Waals surface area contributed by atoms with E-state index in [2.05, 4.69) is 56.6 Å². The maximum Gasteiger partial charge on any atom is 0.181 e. The molecule has 2 saturated heterocycles. The molecule has 1 aromatic carbocycles. The Kier molecular flexibility index (Phi) is 4.62. The predicted molar refractivity (Wildman–Crippen MR) is 111 cm³/mol. The molecule has 7 nitrogen and oxygen atoms in total. The quantitative estimate of drug-likeness (QED) is 0.695. The summed E-state index contributed by atoms with van der Waals surface area (Å²) in [4.78, 5) is 16.9. The van der Waals surface area contributed by atoms with Gasteiger partial charge in [0.05, 0.1) is 25.1 Å². The second-order valence-electron chi connectivity index (χ2n) is 7.52. The molecule has 0 amide bonds. The van der Waals surface area contributed by atoms with Crippen LogP contribution >= 0.6 is 0 Å². The van der Waals surface area contributed by atoms with Crippen molar-refractivity contribution in [2.75, 3.05) is 69.3 Å². The van der Waals surface area contributed by atoms with E-state index in [0.29, 0.717) is 0 Å². The monoisotopic (exact) mass is 378 g/mol. The summed E-state index contributed by atoms with van der Waals surface area (Å²) in [6, 6.07) is 10.4. The summed E-state index contributed by atoms with van der Waals surface area (Å²) < 4.78 is 7.78. The van der Waals surface area contributed by atoms with Gasteiger partial charge in [-0.25, -0.2) is 9.97 Å². The fourth-order valence-corrected chi connectivity index (χ4v) is 3.96. The van der Waals surface area contributed by atoms with Gasteiger partial charge in [0.25, 0.3) is 0 Å². The van der Waals surface area contributed by atoms with E-state index in [1.807, 2.05) is 12.3 Å². The molecular weight excluding hydrogens is 352 g/mol. The topological polar surface area (TPSA) is 49.1 Å². The maximum atomic E-state index is 5.55. The standard InChI is InChI=1S/C21H26N6O/c1-24-7-9-25(10-8-24)19-15-22-20-21(26-11-13-28-14-12-26)23-18(16-27(19)20)17-5-3-2-4-6-17/h2-6,15-16H,7-14H2,1H3. The predicted octanol–water partition coefficient (Wildman–Crippen LogP) is 1.98. The van der Waals surface area contributed by atoms with E-state index < -0.39 is 0 Å². The van der Waals surface area contributed by atoms with Gasteiger partial charge >= 0.3 is 0 Å². The normalized spacial score (nSPS) is 18.8. The Morgan fingerprint density at radius 3 is 2.39 bits per heavy atom. The van der Waals surface area contributed by atoms with E-state index in [9.17, 15) is 0 Å². The number of benzene rings is 1. The Morgan fingerprint density at radius 2 is 1.64 bits per heavy atom. The Morgan fingerprint density at radius 1 is 0.893 bits per heavy atom. The second-order valence-corrected chi connectivity index (χ2v) is 7.52. The average Bonchev–Trinajstić information content (AvgIpc) is 3.19. The molecule has 4 heterocycles. The van der Waals surface area contributed by atoms with Crippen molar-refractivity contribution in [3.63, 3.8) is 0 Å². The molecule has 2 aliphatic heterocycles. The smallest absolute Gasteiger partial charge is 0.181 e. The molecule has 0 bridgehead atoms. The lowest BCUT2D eigenvalue weighted by Crippen LogP contribution is -2.45. The molecule has 0 N–H and O–H groups in total. The molecule has 3 aromatic rings. The first kappa shape index (κ1) is 17.5. The molecule has 28 heavy (non-hydrogen) atoms. The molecule has 0 saturated carbocycles. The summed E-state index contributed by atoms with van der Waals surface area (Å²) >= 11 is 0. The number of anilines is 2. The van der Waals surface area contributed by atoms with E-state index in [1.54, 1.807) is 0 Å². The number of piperazine rings is 1. The van der Waals surface area contributed by atoms with Gasteiger partial charge in [-0.2, -0.15) is 0 Å². The molecule has 7 heteroatoms. The highest BCUT2D eigenvalue weighted by atomic mass is 16.5. The molecule has 0 aliphatic carbocycles. The summed E-state index contributed by atoms with van der Waals surface area (Å²) in [5.41, 5.74) is 3.02. The summed E-state index contributed by atoms with van der Waals surface area (Å²) in [5, 5.41) is 0. The molecule has 0 unspecified atom stereocenters. The first-order valence-electron chi connectivity index (χ1n) is 9.99. The van der Waals surface area contributed by atoms with Crippen LogP contribution in [0.5, 0.6) is 0 Å². The first-order valence-corrected chi connectivity index (χ1v) is 9.99. The zero-order valence-electron chi connectivity index (χ0n) is 16.3. The molecule has 146 valence electrons. The van der Waals surface area contributed by atoms with Crippen LogP contribution in [-0.2, 0) is 4.74 Å². The fourth-order valence-electron chi connectivity index (χ4n) is 3.96. The van der Waals surface area contributed by atoms with Gasteiger partial charge in [0.1, 0.15) is 5.82 Å². The molecule has 2 aliphatic rings. The van der Waals surface area contributed by atoms with E-state index in [0.717, 1.165) is 81.0 Å². The Balaban J connectivity index is 1.63. The van der Waals surface area contributed by atoms with Crippen molar-refractivity contribution in [1.82, 2.24) is 19.3 Å². The minimum absolute atomic E-state index is 0.732. The van der Waals surface area contributed by atoms with Gasteiger partial charge in [-0.1, -0.05) is 30.3 Å². The molecular formula is C21H26N6O. The van der Waals surface area contributed by atoms with Crippen molar-refractivity contribution >= 4 is 17.3 Å². The molecule has 2 fully saturated rings. The van der Waals surface area contributed by atoms with Gasteiger partial charge in [0.2, 0.25) is 0 Å². The molecule has 0 spiro atoms. The molecule has 0 atom stereocenters. The van der Waals surface area contributed by atoms with E-state index >= 15 is 0 Å². The largest absolute Gasteiger partial charge is 0.378 e. The molecule has 5 rings (SSSR count). The van der Waals surface area contributed by atoms with Crippen LogP contribution in [0.3, 0.4) is 0 Å². The number of ether oxygens (including phenoxy) is 1. The van der Waals surface area contributed by atoms with Crippen molar-refractivity contribution in [3.05, 3.63) is 42.7 Å². The van der Waals surface area contributed by atoms with Gasteiger partial charge in [-0.05, 0) is 7.05 Å². The maximum absolute atomic E-state index is 5.55. The van der Waals surface area contributed by atoms with Crippen LogP contribution < -0.4 is 9.80 Å². The highest BCUT2D eigenvalue weighted by Crippen LogP contribution is 2.29. The van der Waals surface area contributed by atoms with Crippen LogP contribution in [0.1, 0.15) is 0 Å². The first-order chi connectivity index (χ1) is 13.8. The van der Waals surface area contributed by atoms with Crippen LogP contribution in [0.25, 0.3) is 16.9 Å². The van der Waals surface area contributed by atoms with Crippen LogP contribution in [0.15, 0.2) is 42.7 Å². The number of rotatable bonds is 3. The Bertz CT molecular complexity index is 942. The van der Waals surface area contributed by atoms with Gasteiger partial charge in [0.15, 0.2) is 11.5 Å². The third-order valence-corrected chi connectivity index (χ3v) is 5.66. The van der Waals surface area contributed by atoms with Crippen LogP contribution in [0.4, 0.5) is 11.6 Å². The van der Waals surface area contributed by atoms with Crippen LogP contribution in [-0.4, -0.2) is 78.8 Å². The number of nitrogens with zero attached hydrogens (tertiary/aromatic N) is 6. The van der Waals surface area contributed by atoms with Gasteiger partial charge in [-0.15, -0.1) is 0 Å². The SMILES string of the molecule is CN1CCN(c2cnc3c(N4CCOCC4)nc(-c4ccccc4)cn23)CC1. The van der Waals surface area contributed by atoms with Crippen molar-refractivity contribution in [2.24, 2.45) is 0 Å². The highest BCUT2D eigenvalue weighted by Gasteiger charge is 2.23. The second kappa shape index (κ2) is 7.41. The van der Waals surface area contributed by atoms with E-state index in [4.69, 9.17) is 14.7 Å². The van der Waals surface area contributed by atoms with Crippen LogP contribution in [0.2, 0.25) is 0 Å². The number of hydrogen-bond acceptors (Lipinski definition) is 6. The number of aromatic nitrogens is 3. The van der Waals surface area contributed by atoms with E-state index in [-0.39, 0.29) is 0 Å². The summed E-state index contributed by atoms with van der Waals surface area (Å²) in [7, 11) is 2.18. The summed E-state index contributed by atoms with van der Waals surface area (Å²) in [6.45, 7) is 7.32. The Hall–Kier alpha value is -2.64. The average molecular weight is 378 g/mol. The summed E-state index contributed by atoms with van der Waals surface area (Å²) in [6.07, 6.45) is 4.14. The number of hydrogen-bond donors (Lipinski definition) is 0. The van der Waals surface area contributed by atoms with Crippen molar-refractivity contribution in [2.45, 2.75) is 0 Å².